The predicted molar refractivity (Wildman–Crippen MR) is 44.4 cm³/mol. The zero-order chi connectivity index (χ0) is 8.10. The van der Waals surface area contributed by atoms with Gasteiger partial charge in [0.1, 0.15) is 6.10 Å². The van der Waals surface area contributed by atoms with E-state index >= 15 is 0 Å². The molecule has 1 rings (SSSR count). The van der Waals surface area contributed by atoms with Crippen LogP contribution in [0.2, 0.25) is 0 Å². The molecule has 0 aliphatic carbocycles. The predicted octanol–water partition coefficient (Wildman–Crippen LogP) is 1.49. The Morgan fingerprint density at radius 1 is 1.36 bits per heavy atom. The fourth-order valence-corrected chi connectivity index (χ4v) is 1.14. The third-order valence-electron chi connectivity index (χ3n) is 1.89. The summed E-state index contributed by atoms with van der Waals surface area (Å²) in [5, 5.41) is 8.64. The number of rotatable bonds is 5. The van der Waals surface area contributed by atoms with E-state index < -0.39 is 0 Å². The highest BCUT2D eigenvalue weighted by molar-refractivity contribution is 4.88. The first kappa shape index (κ1) is 8.75. The zero-order valence-electron chi connectivity index (χ0n) is 6.99. The van der Waals surface area contributed by atoms with Crippen LogP contribution in [-0.2, 0) is 4.74 Å². The number of ether oxygens (including phenoxy) is 1. The Hall–Kier alpha value is -0.340. The third-order valence-corrected chi connectivity index (χ3v) is 1.89. The monoisotopic (exact) mass is 156 g/mol. The van der Waals surface area contributed by atoms with Crippen molar-refractivity contribution in [3.63, 3.8) is 0 Å². The van der Waals surface area contributed by atoms with Crippen LogP contribution >= 0.6 is 0 Å². The maximum absolute atomic E-state index is 8.64. The second-order valence-corrected chi connectivity index (χ2v) is 2.85. The molecule has 2 atom stereocenters. The highest BCUT2D eigenvalue weighted by atomic mass is 16.6. The molecule has 1 saturated heterocycles. The topological polar surface area (TPSA) is 32.8 Å². The van der Waals surface area contributed by atoms with Gasteiger partial charge in [0.15, 0.2) is 0 Å². The second kappa shape index (κ2) is 4.52. The molecule has 0 saturated carbocycles. The molecule has 11 heavy (non-hydrogen) atoms. The van der Waals surface area contributed by atoms with Crippen molar-refractivity contribution in [3.05, 3.63) is 12.2 Å². The summed E-state index contributed by atoms with van der Waals surface area (Å²) in [5.74, 6) is 0. The lowest BCUT2D eigenvalue weighted by Crippen LogP contribution is -1.97. The molecule has 2 heteroatoms. The Morgan fingerprint density at radius 3 is 2.73 bits per heavy atom. The molecule has 0 bridgehead atoms. The average molecular weight is 156 g/mol. The fourth-order valence-electron chi connectivity index (χ4n) is 1.14. The smallest absolute Gasteiger partial charge is 0.107 e. The SMILES string of the molecule is CC/C=C\CCC1OC1CO. The minimum atomic E-state index is 0.144. The summed E-state index contributed by atoms with van der Waals surface area (Å²) in [6.07, 6.45) is 8.06. The zero-order valence-corrected chi connectivity index (χ0v) is 6.99. The van der Waals surface area contributed by atoms with Gasteiger partial charge >= 0.3 is 0 Å². The van der Waals surface area contributed by atoms with Gasteiger partial charge in [-0.2, -0.15) is 0 Å². The van der Waals surface area contributed by atoms with Gasteiger partial charge in [0.05, 0.1) is 12.7 Å². The van der Waals surface area contributed by atoms with Crippen molar-refractivity contribution >= 4 is 0 Å². The largest absolute Gasteiger partial charge is 0.394 e. The number of epoxide rings is 1. The van der Waals surface area contributed by atoms with Gasteiger partial charge in [-0.15, -0.1) is 0 Å². The molecule has 0 radical (unpaired) electrons. The molecule has 1 heterocycles. The van der Waals surface area contributed by atoms with Crippen molar-refractivity contribution < 1.29 is 9.84 Å². The van der Waals surface area contributed by atoms with Gasteiger partial charge in [-0.3, -0.25) is 0 Å². The van der Waals surface area contributed by atoms with Crippen LogP contribution in [0.5, 0.6) is 0 Å². The molecular weight excluding hydrogens is 140 g/mol. The summed E-state index contributed by atoms with van der Waals surface area (Å²) in [6, 6.07) is 0. The van der Waals surface area contributed by atoms with Crippen molar-refractivity contribution in [2.45, 2.75) is 38.4 Å². The summed E-state index contributed by atoms with van der Waals surface area (Å²) >= 11 is 0. The van der Waals surface area contributed by atoms with E-state index in [-0.39, 0.29) is 12.7 Å². The van der Waals surface area contributed by atoms with Crippen molar-refractivity contribution in [1.82, 2.24) is 0 Å². The summed E-state index contributed by atoms with van der Waals surface area (Å²) in [4.78, 5) is 0. The molecular formula is C9H16O2. The lowest BCUT2D eigenvalue weighted by Gasteiger charge is -1.87. The van der Waals surface area contributed by atoms with Gasteiger partial charge in [0.25, 0.3) is 0 Å². The van der Waals surface area contributed by atoms with E-state index in [0.29, 0.717) is 6.10 Å². The first-order valence-electron chi connectivity index (χ1n) is 4.29. The Balaban J connectivity index is 1.93. The van der Waals surface area contributed by atoms with Gasteiger partial charge in [0, 0.05) is 0 Å². The van der Waals surface area contributed by atoms with Crippen LogP contribution in [0, 0.1) is 0 Å². The van der Waals surface area contributed by atoms with Crippen molar-refractivity contribution in [2.24, 2.45) is 0 Å². The van der Waals surface area contributed by atoms with Crippen LogP contribution in [0.15, 0.2) is 12.2 Å². The van der Waals surface area contributed by atoms with Crippen molar-refractivity contribution in [2.75, 3.05) is 6.61 Å². The van der Waals surface area contributed by atoms with Crippen LogP contribution in [0.1, 0.15) is 26.2 Å². The molecule has 64 valence electrons. The number of aliphatic hydroxyl groups excluding tert-OH is 1. The van der Waals surface area contributed by atoms with E-state index in [4.69, 9.17) is 9.84 Å². The number of allylic oxidation sites excluding steroid dienone is 2. The normalized spacial score (nSPS) is 29.6. The summed E-state index contributed by atoms with van der Waals surface area (Å²) < 4.78 is 5.16. The maximum Gasteiger partial charge on any atom is 0.107 e. The fraction of sp³-hybridized carbons (Fsp3) is 0.778. The van der Waals surface area contributed by atoms with Gasteiger partial charge < -0.3 is 9.84 Å². The highest BCUT2D eigenvalue weighted by Crippen LogP contribution is 2.25. The Kier molecular flexibility index (Phi) is 3.60. The van der Waals surface area contributed by atoms with Gasteiger partial charge in [-0.25, -0.2) is 0 Å². The number of aliphatic hydroxyl groups is 1. The van der Waals surface area contributed by atoms with Crippen LogP contribution in [-0.4, -0.2) is 23.9 Å². The van der Waals surface area contributed by atoms with E-state index in [2.05, 4.69) is 19.1 Å². The first-order valence-corrected chi connectivity index (χ1v) is 4.29. The standard InChI is InChI=1S/C9H16O2/c1-2-3-4-5-6-8-9(7-10)11-8/h3-4,8-10H,2,5-7H2,1H3/b4-3-. The lowest BCUT2D eigenvalue weighted by molar-refractivity contribution is 0.241. The van der Waals surface area contributed by atoms with E-state index in [1.165, 1.54) is 0 Å². The maximum atomic E-state index is 8.64. The van der Waals surface area contributed by atoms with Crippen LogP contribution in [0.25, 0.3) is 0 Å². The van der Waals surface area contributed by atoms with Gasteiger partial charge in [-0.1, -0.05) is 19.1 Å². The van der Waals surface area contributed by atoms with Crippen LogP contribution in [0.3, 0.4) is 0 Å². The lowest BCUT2D eigenvalue weighted by atomic mass is 10.2. The Bertz CT molecular complexity index is 132. The molecule has 0 aromatic rings. The van der Waals surface area contributed by atoms with E-state index in [1.807, 2.05) is 0 Å². The molecule has 1 aliphatic heterocycles. The number of hydrogen-bond donors (Lipinski definition) is 1. The van der Waals surface area contributed by atoms with Gasteiger partial charge in [-0.05, 0) is 19.3 Å². The second-order valence-electron chi connectivity index (χ2n) is 2.85. The van der Waals surface area contributed by atoms with Gasteiger partial charge in [0.2, 0.25) is 0 Å². The quantitative estimate of drug-likeness (QED) is 0.483. The van der Waals surface area contributed by atoms with E-state index in [0.717, 1.165) is 19.3 Å². The van der Waals surface area contributed by atoms with Crippen LogP contribution < -0.4 is 0 Å². The summed E-state index contributed by atoms with van der Waals surface area (Å²) in [7, 11) is 0. The van der Waals surface area contributed by atoms with E-state index in [1.54, 1.807) is 0 Å². The number of hydrogen-bond acceptors (Lipinski definition) is 2. The Morgan fingerprint density at radius 2 is 2.18 bits per heavy atom. The molecule has 0 aromatic carbocycles. The van der Waals surface area contributed by atoms with E-state index in [9.17, 15) is 0 Å². The Labute approximate surface area is 67.9 Å². The van der Waals surface area contributed by atoms with Crippen molar-refractivity contribution in [3.8, 4) is 0 Å². The third kappa shape index (κ3) is 3.04. The van der Waals surface area contributed by atoms with Crippen LogP contribution in [0.4, 0.5) is 0 Å². The molecule has 1 aliphatic rings. The van der Waals surface area contributed by atoms with Crippen molar-refractivity contribution in [1.29, 1.82) is 0 Å². The summed E-state index contributed by atoms with van der Waals surface area (Å²) in [6.45, 7) is 2.31. The molecule has 2 nitrogen and oxygen atoms in total. The minimum Gasteiger partial charge on any atom is -0.394 e. The molecule has 2 unspecified atom stereocenters. The average Bonchev–Trinajstić information content (AvgIpc) is 2.77. The first-order chi connectivity index (χ1) is 5.38. The minimum absolute atomic E-state index is 0.144. The molecule has 1 fully saturated rings. The molecule has 1 N–H and O–H groups in total. The molecule has 0 amide bonds. The highest BCUT2D eigenvalue weighted by Gasteiger charge is 2.36. The molecule has 0 spiro atoms. The molecule has 0 aromatic heterocycles. The summed E-state index contributed by atoms with van der Waals surface area (Å²) in [5.41, 5.74) is 0.